The van der Waals surface area contributed by atoms with Crippen molar-refractivity contribution in [2.45, 2.75) is 12.5 Å². The summed E-state index contributed by atoms with van der Waals surface area (Å²) in [4.78, 5) is 46.1. The second-order valence-electron chi connectivity index (χ2n) is 5.53. The second kappa shape index (κ2) is 13.6. The van der Waals surface area contributed by atoms with Crippen LogP contribution in [0.5, 0.6) is 23.0 Å². The summed E-state index contributed by atoms with van der Waals surface area (Å²) < 4.78 is 9.38. The average Bonchev–Trinajstić information content (AvgIpc) is 2.64. The molecule has 0 bridgehead atoms. The Labute approximate surface area is 259 Å². The summed E-state index contributed by atoms with van der Waals surface area (Å²) in [7, 11) is 0. The topological polar surface area (TPSA) is 188 Å². The van der Waals surface area contributed by atoms with E-state index in [9.17, 15) is 34.5 Å². The number of carboxylic acids is 2. The number of phenolic OH excluding ortho intramolecular Hbond substituents is 2. The number of phenols is 2. The van der Waals surface area contributed by atoms with Crippen molar-refractivity contribution < 1.29 is 54.2 Å². The molecule has 0 aromatic heterocycles. The van der Waals surface area contributed by atoms with Gasteiger partial charge in [0.1, 0.15) is 11.1 Å². The van der Waals surface area contributed by atoms with Gasteiger partial charge in [0.05, 0.1) is 6.42 Å². The van der Waals surface area contributed by atoms with Crippen molar-refractivity contribution in [1.82, 2.24) is 0 Å². The van der Waals surface area contributed by atoms with Gasteiger partial charge in [-0.15, -0.1) is 0 Å². The predicted octanol–water partition coefficient (Wildman–Crippen LogP) is -0.541. The van der Waals surface area contributed by atoms with Crippen molar-refractivity contribution in [2.24, 2.45) is 0 Å². The molecule has 0 aliphatic heterocycles. The van der Waals surface area contributed by atoms with E-state index in [1.165, 1.54) is 12.1 Å². The van der Waals surface area contributed by atoms with E-state index in [-0.39, 0.29) is 103 Å². The molecule has 1 atom stereocenters. The SMILES string of the molecule is O=C(CC(O)C(=O)Oc1c(O)cccc1C(=O)O)Oc1c(O)cccc1C(=O)O.[KH].[KH]. The van der Waals surface area contributed by atoms with Crippen molar-refractivity contribution in [3.05, 3.63) is 47.5 Å². The fourth-order valence-corrected chi connectivity index (χ4v) is 2.17. The van der Waals surface area contributed by atoms with Gasteiger partial charge in [0, 0.05) is 0 Å². The van der Waals surface area contributed by atoms with Crippen LogP contribution in [0.25, 0.3) is 0 Å². The first-order valence-corrected chi connectivity index (χ1v) is 7.82. The molecule has 2 aromatic rings. The van der Waals surface area contributed by atoms with E-state index in [1.54, 1.807) is 0 Å². The van der Waals surface area contributed by atoms with Crippen LogP contribution in [-0.4, -0.2) is 158 Å². The van der Waals surface area contributed by atoms with Crippen LogP contribution in [0, 0.1) is 0 Å². The van der Waals surface area contributed by atoms with Crippen molar-refractivity contribution in [3.8, 4) is 23.0 Å². The van der Waals surface area contributed by atoms with Gasteiger partial charge >= 0.3 is 127 Å². The van der Waals surface area contributed by atoms with Gasteiger partial charge in [-0.3, -0.25) is 4.79 Å². The molecule has 0 aliphatic carbocycles. The minimum absolute atomic E-state index is 0. The fraction of sp³-hybridized carbons (Fsp3) is 0.111. The Morgan fingerprint density at radius 1 is 0.774 bits per heavy atom. The van der Waals surface area contributed by atoms with Gasteiger partial charge in [-0.25, -0.2) is 14.4 Å². The van der Waals surface area contributed by atoms with Gasteiger partial charge in [0.25, 0.3) is 0 Å². The number of rotatable bonds is 7. The van der Waals surface area contributed by atoms with Gasteiger partial charge in [0.2, 0.25) is 0 Å². The van der Waals surface area contributed by atoms with Crippen LogP contribution in [-0.2, 0) is 9.59 Å². The molecule has 5 N–H and O–H groups in total. The quantitative estimate of drug-likeness (QED) is 0.192. The summed E-state index contributed by atoms with van der Waals surface area (Å²) in [6, 6.07) is 6.59. The van der Waals surface area contributed by atoms with Crippen LogP contribution in [0.2, 0.25) is 0 Å². The number of aliphatic hydroxyl groups is 1. The number of para-hydroxylation sites is 2. The van der Waals surface area contributed by atoms with Crippen molar-refractivity contribution in [3.63, 3.8) is 0 Å². The summed E-state index contributed by atoms with van der Waals surface area (Å²) in [5.74, 6) is -8.52. The van der Waals surface area contributed by atoms with Gasteiger partial charge in [-0.1, -0.05) is 12.1 Å². The number of aromatic hydroxyl groups is 2. The van der Waals surface area contributed by atoms with Crippen molar-refractivity contribution >= 4 is 127 Å². The maximum absolute atomic E-state index is 11.9. The Balaban J connectivity index is 0.00000450. The number of ether oxygens (including phenoxy) is 2. The molecule has 156 valence electrons. The first kappa shape index (κ1) is 30.2. The number of esters is 2. The molecule has 0 aliphatic rings. The summed E-state index contributed by atoms with van der Waals surface area (Å²) in [5, 5.41) is 47.2. The van der Waals surface area contributed by atoms with E-state index < -0.39 is 70.5 Å². The van der Waals surface area contributed by atoms with Crippen LogP contribution < -0.4 is 9.47 Å². The third-order valence-corrected chi connectivity index (χ3v) is 3.50. The molecule has 0 radical (unpaired) electrons. The Hall–Kier alpha value is -0.847. The van der Waals surface area contributed by atoms with Crippen LogP contribution in [0.4, 0.5) is 0 Å². The van der Waals surface area contributed by atoms with Crippen molar-refractivity contribution in [1.29, 1.82) is 0 Å². The van der Waals surface area contributed by atoms with E-state index >= 15 is 0 Å². The number of carbonyl (C=O) groups is 4. The molecule has 2 rings (SSSR count). The summed E-state index contributed by atoms with van der Waals surface area (Å²) in [6.45, 7) is 0. The van der Waals surface area contributed by atoms with E-state index in [4.69, 9.17) is 14.9 Å². The first-order chi connectivity index (χ1) is 13.6. The molecule has 0 spiro atoms. The standard InChI is InChI=1S/C18H14O11.2K.2H/c19-10-5-1-3-8(16(23)24)14(10)28-13(22)7-12(21)18(27)29-15-9(17(25)26)4-2-6-11(15)20;;;;/h1-6,12,19-21H,7H2,(H,23,24)(H,25,26);;;;. The maximum atomic E-state index is 11.9. The third kappa shape index (κ3) is 8.21. The normalized spacial score (nSPS) is 10.6. The van der Waals surface area contributed by atoms with Gasteiger partial charge < -0.3 is 35.0 Å². The molecule has 1 unspecified atom stereocenters. The van der Waals surface area contributed by atoms with E-state index in [1.807, 2.05) is 0 Å². The summed E-state index contributed by atoms with van der Waals surface area (Å²) >= 11 is 0. The number of benzene rings is 2. The molecule has 0 saturated heterocycles. The molecule has 31 heavy (non-hydrogen) atoms. The molecule has 0 fully saturated rings. The molecule has 2 aromatic carbocycles. The van der Waals surface area contributed by atoms with E-state index in [0.717, 1.165) is 24.3 Å². The van der Waals surface area contributed by atoms with E-state index in [0.29, 0.717) is 0 Å². The van der Waals surface area contributed by atoms with Crippen LogP contribution in [0.1, 0.15) is 27.1 Å². The summed E-state index contributed by atoms with van der Waals surface area (Å²) in [6.07, 6.45) is -3.15. The molecule has 0 heterocycles. The Kier molecular flexibility index (Phi) is 13.3. The number of aromatic carboxylic acids is 2. The zero-order valence-corrected chi connectivity index (χ0v) is 14.4. The Morgan fingerprint density at radius 3 is 1.61 bits per heavy atom. The Bertz CT molecular complexity index is 990. The average molecular weight is 487 g/mol. The fourth-order valence-electron chi connectivity index (χ4n) is 2.17. The molecule has 11 nitrogen and oxygen atoms in total. The number of hydrogen-bond donors (Lipinski definition) is 5. The number of aliphatic hydroxyl groups excluding tert-OH is 1. The zero-order chi connectivity index (χ0) is 21.7. The minimum atomic E-state index is -2.14. The monoisotopic (exact) mass is 486 g/mol. The number of carboxylic acid groups (broad SMARTS) is 2. The molecule has 0 amide bonds. The second-order valence-corrected chi connectivity index (χ2v) is 5.53. The van der Waals surface area contributed by atoms with Gasteiger partial charge in [-0.2, -0.15) is 0 Å². The van der Waals surface area contributed by atoms with Gasteiger partial charge in [-0.05, 0) is 24.3 Å². The van der Waals surface area contributed by atoms with E-state index in [2.05, 4.69) is 4.74 Å². The molecule has 0 saturated carbocycles. The zero-order valence-electron chi connectivity index (χ0n) is 14.4. The van der Waals surface area contributed by atoms with Crippen LogP contribution in [0.3, 0.4) is 0 Å². The molecular formula is C18H16K2O11. The number of hydrogen-bond acceptors (Lipinski definition) is 9. The third-order valence-electron chi connectivity index (χ3n) is 3.50. The van der Waals surface area contributed by atoms with Gasteiger partial charge in [0.15, 0.2) is 29.1 Å². The summed E-state index contributed by atoms with van der Waals surface area (Å²) in [5.41, 5.74) is -1.09. The van der Waals surface area contributed by atoms with Crippen LogP contribution >= 0.6 is 0 Å². The van der Waals surface area contributed by atoms with Crippen LogP contribution in [0.15, 0.2) is 36.4 Å². The number of carbonyl (C=O) groups excluding carboxylic acids is 2. The first-order valence-electron chi connectivity index (χ1n) is 7.82. The van der Waals surface area contributed by atoms with Crippen molar-refractivity contribution in [2.75, 3.05) is 0 Å². The predicted molar refractivity (Wildman–Crippen MR) is 106 cm³/mol. The molecular weight excluding hydrogens is 470 g/mol. The molecule has 13 heteroatoms. The Morgan fingerprint density at radius 2 is 1.19 bits per heavy atom.